The summed E-state index contributed by atoms with van der Waals surface area (Å²) in [6.07, 6.45) is 2.83. The Hall–Kier alpha value is -4.30. The molecule has 192 valence electrons. The van der Waals surface area contributed by atoms with Crippen LogP contribution in [0.15, 0.2) is 48.9 Å². The number of halogens is 2. The molecule has 0 aliphatic rings. The molecule has 4 aromatic rings. The highest BCUT2D eigenvalue weighted by Crippen LogP contribution is 2.33. The van der Waals surface area contributed by atoms with Crippen molar-refractivity contribution >= 4 is 43.8 Å². The number of rotatable bonds is 9. The van der Waals surface area contributed by atoms with Gasteiger partial charge < -0.3 is 10.4 Å². The summed E-state index contributed by atoms with van der Waals surface area (Å²) in [5, 5.41) is 23.6. The second kappa shape index (κ2) is 10.4. The van der Waals surface area contributed by atoms with E-state index in [0.29, 0.717) is 28.5 Å². The number of nitrogens with zero attached hydrogens (tertiary/aromatic N) is 4. The molecule has 0 atom stereocenters. The summed E-state index contributed by atoms with van der Waals surface area (Å²) < 4.78 is 56.1. The fourth-order valence-electron chi connectivity index (χ4n) is 3.61. The van der Waals surface area contributed by atoms with Gasteiger partial charge in [0, 0.05) is 23.2 Å². The van der Waals surface area contributed by atoms with Crippen molar-refractivity contribution in [2.75, 3.05) is 15.8 Å². The summed E-state index contributed by atoms with van der Waals surface area (Å²) in [5.41, 5.74) is -0.311. The number of benzene rings is 2. The van der Waals surface area contributed by atoms with Crippen molar-refractivity contribution in [2.24, 2.45) is 0 Å². The van der Waals surface area contributed by atoms with Crippen molar-refractivity contribution in [3.8, 4) is 11.1 Å². The number of fused-ring (bicyclic) bond motifs is 1. The first-order chi connectivity index (χ1) is 17.6. The average molecular weight is 531 g/mol. The van der Waals surface area contributed by atoms with Crippen LogP contribution in [0.4, 0.5) is 31.7 Å². The second-order valence-electron chi connectivity index (χ2n) is 7.89. The van der Waals surface area contributed by atoms with Crippen LogP contribution in [0.5, 0.6) is 0 Å². The molecule has 37 heavy (non-hydrogen) atoms. The maximum atomic E-state index is 15.2. The number of sulfonamides is 1. The van der Waals surface area contributed by atoms with E-state index in [9.17, 15) is 28.0 Å². The van der Waals surface area contributed by atoms with Crippen LogP contribution in [0.1, 0.15) is 19.0 Å². The van der Waals surface area contributed by atoms with Gasteiger partial charge in [-0.3, -0.25) is 19.8 Å². The van der Waals surface area contributed by atoms with Crippen molar-refractivity contribution in [1.29, 1.82) is 0 Å². The van der Waals surface area contributed by atoms with E-state index in [-0.39, 0.29) is 23.0 Å². The zero-order valence-electron chi connectivity index (χ0n) is 19.3. The van der Waals surface area contributed by atoms with Crippen LogP contribution in [-0.2, 0) is 16.6 Å². The quantitative estimate of drug-likeness (QED) is 0.212. The molecule has 11 nitrogen and oxygen atoms in total. The summed E-state index contributed by atoms with van der Waals surface area (Å²) >= 11 is 0. The van der Waals surface area contributed by atoms with Crippen LogP contribution in [0.25, 0.3) is 22.0 Å². The number of anilines is 3. The third-order valence-corrected chi connectivity index (χ3v) is 6.81. The lowest BCUT2D eigenvalue weighted by atomic mass is 10.0. The van der Waals surface area contributed by atoms with Gasteiger partial charge in [-0.15, -0.1) is 0 Å². The lowest BCUT2D eigenvalue weighted by Gasteiger charge is -2.14. The van der Waals surface area contributed by atoms with Gasteiger partial charge in [-0.1, -0.05) is 13.0 Å². The molecular weight excluding hydrogens is 510 g/mol. The van der Waals surface area contributed by atoms with Crippen molar-refractivity contribution in [1.82, 2.24) is 15.0 Å². The fourth-order valence-corrected chi connectivity index (χ4v) is 4.74. The van der Waals surface area contributed by atoms with E-state index in [0.717, 1.165) is 12.1 Å². The third-order valence-electron chi connectivity index (χ3n) is 5.34. The minimum absolute atomic E-state index is 0.00709. The molecule has 0 aliphatic carbocycles. The average Bonchev–Trinajstić information content (AvgIpc) is 2.87. The number of nitro groups is 1. The molecule has 2 heterocycles. The maximum Gasteiger partial charge on any atom is 0.293 e. The molecule has 0 saturated carbocycles. The lowest BCUT2D eigenvalue weighted by molar-refractivity contribution is -0.386. The topological polar surface area (TPSA) is 160 Å². The molecule has 0 fully saturated rings. The van der Waals surface area contributed by atoms with Crippen molar-refractivity contribution in [2.45, 2.75) is 20.0 Å². The van der Waals surface area contributed by atoms with Gasteiger partial charge in [0.05, 0.1) is 28.5 Å². The Morgan fingerprint density at radius 2 is 1.86 bits per heavy atom. The number of pyridine rings is 1. The van der Waals surface area contributed by atoms with E-state index in [1.807, 2.05) is 0 Å². The first-order valence-electron chi connectivity index (χ1n) is 10.9. The summed E-state index contributed by atoms with van der Waals surface area (Å²) in [5.74, 6) is -2.38. The monoisotopic (exact) mass is 530 g/mol. The Kier molecular flexibility index (Phi) is 7.22. The molecule has 0 unspecified atom stereocenters. The molecule has 0 radical (unpaired) electrons. The van der Waals surface area contributed by atoms with E-state index in [2.05, 4.69) is 25.0 Å². The molecule has 0 aliphatic heterocycles. The van der Waals surface area contributed by atoms with Crippen molar-refractivity contribution < 1.29 is 27.2 Å². The smallest absolute Gasteiger partial charge is 0.293 e. The SMILES string of the molecule is CCCS(=O)(=O)Nc1ccc(F)c(Nc2ncnc3ccc(-c4cnc(CO)c([N+](=O)[O-])c4)cc23)c1F. The highest BCUT2D eigenvalue weighted by molar-refractivity contribution is 7.92. The zero-order chi connectivity index (χ0) is 26.7. The van der Waals surface area contributed by atoms with Crippen molar-refractivity contribution in [3.05, 3.63) is 76.4 Å². The van der Waals surface area contributed by atoms with Crippen LogP contribution >= 0.6 is 0 Å². The Balaban J connectivity index is 1.77. The minimum Gasteiger partial charge on any atom is -0.390 e. The van der Waals surface area contributed by atoms with Crippen LogP contribution < -0.4 is 10.0 Å². The van der Waals surface area contributed by atoms with Gasteiger partial charge >= 0.3 is 0 Å². The molecular formula is C23H20F2N6O5S. The number of hydrogen-bond acceptors (Lipinski definition) is 9. The Labute approximate surface area is 209 Å². The van der Waals surface area contributed by atoms with Gasteiger partial charge in [0.15, 0.2) is 5.82 Å². The molecule has 2 aromatic carbocycles. The molecule has 2 aromatic heterocycles. The highest BCUT2D eigenvalue weighted by atomic mass is 32.2. The minimum atomic E-state index is -3.83. The normalized spacial score (nSPS) is 11.5. The number of hydrogen-bond donors (Lipinski definition) is 3. The molecule has 4 rings (SSSR count). The van der Waals surface area contributed by atoms with Crippen LogP contribution in [0, 0.1) is 21.7 Å². The zero-order valence-corrected chi connectivity index (χ0v) is 20.1. The molecule has 14 heteroatoms. The summed E-state index contributed by atoms with van der Waals surface area (Å²) in [7, 11) is -3.83. The Morgan fingerprint density at radius 1 is 1.08 bits per heavy atom. The maximum absolute atomic E-state index is 15.2. The molecule has 0 amide bonds. The Morgan fingerprint density at radius 3 is 2.57 bits per heavy atom. The van der Waals surface area contributed by atoms with Crippen molar-refractivity contribution in [3.63, 3.8) is 0 Å². The van der Waals surface area contributed by atoms with E-state index in [4.69, 9.17) is 0 Å². The van der Waals surface area contributed by atoms with Gasteiger partial charge in [-0.05, 0) is 36.2 Å². The predicted molar refractivity (Wildman–Crippen MR) is 133 cm³/mol. The van der Waals surface area contributed by atoms with Crippen LogP contribution in [0.3, 0.4) is 0 Å². The third kappa shape index (κ3) is 5.44. The van der Waals surface area contributed by atoms with Crippen LogP contribution in [-0.4, -0.2) is 39.2 Å². The first-order valence-corrected chi connectivity index (χ1v) is 12.5. The van der Waals surface area contributed by atoms with Gasteiger partial charge in [0.1, 0.15) is 29.3 Å². The van der Waals surface area contributed by atoms with Gasteiger partial charge in [0.25, 0.3) is 5.69 Å². The largest absolute Gasteiger partial charge is 0.390 e. The van der Waals surface area contributed by atoms with Gasteiger partial charge in [0.2, 0.25) is 10.0 Å². The van der Waals surface area contributed by atoms with E-state index in [1.54, 1.807) is 25.1 Å². The number of nitrogens with one attached hydrogen (secondary N) is 2. The summed E-state index contributed by atoms with van der Waals surface area (Å²) in [4.78, 5) is 22.9. The van der Waals surface area contributed by atoms with Crippen LogP contribution in [0.2, 0.25) is 0 Å². The van der Waals surface area contributed by atoms with E-state index >= 15 is 4.39 Å². The lowest BCUT2D eigenvalue weighted by Crippen LogP contribution is -2.17. The standard InChI is InChI=1S/C23H20F2N6O5S/c1-2-7-37(35,36)30-18-6-4-16(24)22(21(18)25)29-23-15-8-13(3-5-17(15)27-12-28-23)14-9-20(31(33)34)19(11-32)26-10-14/h3-6,8-10,12,30,32H,2,7,11H2,1H3,(H,27,28,29). The molecule has 3 N–H and O–H groups in total. The number of aliphatic hydroxyl groups is 1. The number of aromatic nitrogens is 3. The van der Waals surface area contributed by atoms with E-state index < -0.39 is 44.6 Å². The number of aliphatic hydroxyl groups excluding tert-OH is 1. The molecule has 0 spiro atoms. The summed E-state index contributed by atoms with van der Waals surface area (Å²) in [6, 6.07) is 7.92. The van der Waals surface area contributed by atoms with Gasteiger partial charge in [-0.2, -0.15) is 0 Å². The second-order valence-corrected chi connectivity index (χ2v) is 9.73. The highest BCUT2D eigenvalue weighted by Gasteiger charge is 2.20. The van der Waals surface area contributed by atoms with Gasteiger partial charge in [-0.25, -0.2) is 27.2 Å². The van der Waals surface area contributed by atoms with E-state index in [1.165, 1.54) is 18.6 Å². The Bertz CT molecular complexity index is 1620. The molecule has 0 saturated heterocycles. The molecule has 0 bridgehead atoms. The fraction of sp³-hybridized carbons (Fsp3) is 0.174. The predicted octanol–water partition coefficient (Wildman–Crippen LogP) is 4.27. The first kappa shape index (κ1) is 25.8. The summed E-state index contributed by atoms with van der Waals surface area (Å²) in [6.45, 7) is 1.04.